The number of benzene rings is 2. The lowest BCUT2D eigenvalue weighted by Gasteiger charge is -2.11. The first-order chi connectivity index (χ1) is 13.6. The van der Waals surface area contributed by atoms with Gasteiger partial charge in [0.05, 0.1) is 20.5 Å². The Balaban J connectivity index is 1.57. The van der Waals surface area contributed by atoms with E-state index in [2.05, 4.69) is 10.5 Å². The van der Waals surface area contributed by atoms with Gasteiger partial charge in [-0.3, -0.25) is 4.79 Å². The molecule has 1 aromatic heterocycles. The van der Waals surface area contributed by atoms with Crippen LogP contribution in [0.25, 0.3) is 0 Å². The normalized spacial score (nSPS) is 11.1. The van der Waals surface area contributed by atoms with Crippen molar-refractivity contribution in [2.24, 2.45) is 5.10 Å². The first kappa shape index (κ1) is 19.9. The van der Waals surface area contributed by atoms with Crippen LogP contribution in [0.3, 0.4) is 0 Å². The van der Waals surface area contributed by atoms with Gasteiger partial charge in [0.2, 0.25) is 0 Å². The predicted molar refractivity (Wildman–Crippen MR) is 113 cm³/mol. The minimum absolute atomic E-state index is 0.315. The minimum Gasteiger partial charge on any atom is -0.490 e. The van der Waals surface area contributed by atoms with Crippen LogP contribution < -0.4 is 14.9 Å². The molecule has 0 bridgehead atoms. The summed E-state index contributed by atoms with van der Waals surface area (Å²) in [4.78, 5) is 13.4. The fourth-order valence-corrected chi connectivity index (χ4v) is 3.35. The summed E-state index contributed by atoms with van der Waals surface area (Å²) < 4.78 is 12.0. The van der Waals surface area contributed by atoms with Crippen LogP contribution >= 0.6 is 22.9 Å². The molecule has 0 fully saturated rings. The Morgan fingerprint density at radius 1 is 1.00 bits per heavy atom. The summed E-state index contributed by atoms with van der Waals surface area (Å²) in [6.45, 7) is 2.50. The zero-order valence-electron chi connectivity index (χ0n) is 15.2. The maximum Gasteiger partial charge on any atom is 0.275 e. The molecule has 3 rings (SSSR count). The van der Waals surface area contributed by atoms with E-state index in [4.69, 9.17) is 21.1 Å². The maximum absolute atomic E-state index is 12.5. The van der Waals surface area contributed by atoms with Gasteiger partial charge in [-0.15, -0.1) is 11.3 Å². The monoisotopic (exact) mass is 414 g/mol. The second kappa shape index (κ2) is 9.92. The highest BCUT2D eigenvalue weighted by Gasteiger charge is 2.12. The molecule has 1 heterocycles. The van der Waals surface area contributed by atoms with Crippen molar-refractivity contribution in [2.45, 2.75) is 6.92 Å². The Morgan fingerprint density at radius 2 is 1.71 bits per heavy atom. The number of rotatable bonds is 8. The van der Waals surface area contributed by atoms with Gasteiger partial charge >= 0.3 is 0 Å². The number of nitrogens with one attached hydrogen (secondary N) is 1. The van der Waals surface area contributed by atoms with Crippen LogP contribution in [-0.4, -0.2) is 24.8 Å². The molecule has 0 aliphatic rings. The molecule has 0 atom stereocenters. The third-order valence-electron chi connectivity index (χ3n) is 3.74. The van der Waals surface area contributed by atoms with Crippen LogP contribution in [0.15, 0.2) is 71.8 Å². The SMILES string of the molecule is CC(=NNC(=O)c1ccccc1OCCOc1ccccc1)c1ccc(Cl)s1. The summed E-state index contributed by atoms with van der Waals surface area (Å²) in [5, 5.41) is 4.15. The molecule has 0 aliphatic heterocycles. The number of carbonyl (C=O) groups excluding carboxylic acids is 1. The van der Waals surface area contributed by atoms with Crippen molar-refractivity contribution < 1.29 is 14.3 Å². The van der Waals surface area contributed by atoms with E-state index < -0.39 is 0 Å². The topological polar surface area (TPSA) is 59.9 Å². The van der Waals surface area contributed by atoms with E-state index in [0.717, 1.165) is 10.6 Å². The van der Waals surface area contributed by atoms with Crippen molar-refractivity contribution in [2.75, 3.05) is 13.2 Å². The van der Waals surface area contributed by atoms with E-state index in [1.165, 1.54) is 11.3 Å². The predicted octanol–water partition coefficient (Wildman–Crippen LogP) is 5.01. The van der Waals surface area contributed by atoms with Gasteiger partial charge < -0.3 is 9.47 Å². The highest BCUT2D eigenvalue weighted by Crippen LogP contribution is 2.22. The van der Waals surface area contributed by atoms with Crippen molar-refractivity contribution in [1.82, 2.24) is 5.43 Å². The molecule has 3 aromatic rings. The number of hydrogen-bond acceptors (Lipinski definition) is 5. The van der Waals surface area contributed by atoms with Crippen molar-refractivity contribution in [1.29, 1.82) is 0 Å². The van der Waals surface area contributed by atoms with Crippen molar-refractivity contribution in [3.63, 3.8) is 0 Å². The molecule has 2 aromatic carbocycles. The summed E-state index contributed by atoms with van der Waals surface area (Å²) >= 11 is 7.34. The summed E-state index contributed by atoms with van der Waals surface area (Å²) in [5.41, 5.74) is 3.65. The summed E-state index contributed by atoms with van der Waals surface area (Å²) in [7, 11) is 0. The van der Waals surface area contributed by atoms with E-state index in [-0.39, 0.29) is 5.91 Å². The van der Waals surface area contributed by atoms with E-state index >= 15 is 0 Å². The molecule has 0 aliphatic carbocycles. The molecule has 0 saturated carbocycles. The molecular weight excluding hydrogens is 396 g/mol. The number of amides is 1. The first-order valence-electron chi connectivity index (χ1n) is 8.63. The van der Waals surface area contributed by atoms with E-state index in [0.29, 0.717) is 34.6 Å². The van der Waals surface area contributed by atoms with Gasteiger partial charge in [-0.05, 0) is 43.3 Å². The van der Waals surface area contributed by atoms with Gasteiger partial charge in [-0.25, -0.2) is 5.43 Å². The van der Waals surface area contributed by atoms with Gasteiger partial charge in [0.1, 0.15) is 24.7 Å². The van der Waals surface area contributed by atoms with E-state index in [1.807, 2.05) is 49.4 Å². The Morgan fingerprint density at radius 3 is 2.46 bits per heavy atom. The summed E-state index contributed by atoms with van der Waals surface area (Å²) in [6.07, 6.45) is 0. The van der Waals surface area contributed by atoms with E-state index in [9.17, 15) is 4.79 Å². The molecule has 0 saturated heterocycles. The fraction of sp³-hybridized carbons (Fsp3) is 0.143. The van der Waals surface area contributed by atoms with Crippen molar-refractivity contribution >= 4 is 34.6 Å². The number of carbonyl (C=O) groups is 1. The smallest absolute Gasteiger partial charge is 0.275 e. The van der Waals surface area contributed by atoms with Gasteiger partial charge in [0, 0.05) is 0 Å². The fourth-order valence-electron chi connectivity index (χ4n) is 2.37. The zero-order valence-corrected chi connectivity index (χ0v) is 16.8. The number of para-hydroxylation sites is 2. The number of thiophene rings is 1. The molecule has 0 unspecified atom stereocenters. The third-order valence-corrected chi connectivity index (χ3v) is 5.08. The van der Waals surface area contributed by atoms with Crippen LogP contribution in [0.2, 0.25) is 4.34 Å². The highest BCUT2D eigenvalue weighted by molar-refractivity contribution is 7.18. The first-order valence-corrected chi connectivity index (χ1v) is 9.83. The Hall–Kier alpha value is -2.83. The quantitative estimate of drug-likeness (QED) is 0.320. The second-order valence-corrected chi connectivity index (χ2v) is 7.46. The van der Waals surface area contributed by atoms with Gasteiger partial charge in [0.15, 0.2) is 0 Å². The number of ether oxygens (including phenoxy) is 2. The largest absolute Gasteiger partial charge is 0.490 e. The van der Waals surface area contributed by atoms with E-state index in [1.54, 1.807) is 24.3 Å². The molecule has 0 radical (unpaired) electrons. The molecule has 5 nitrogen and oxygen atoms in total. The Kier molecular flexibility index (Phi) is 7.06. The molecule has 1 amide bonds. The van der Waals surface area contributed by atoms with Crippen LogP contribution in [-0.2, 0) is 0 Å². The third kappa shape index (κ3) is 5.58. The van der Waals surface area contributed by atoms with Crippen LogP contribution in [0.5, 0.6) is 11.5 Å². The molecule has 144 valence electrons. The van der Waals surface area contributed by atoms with Gasteiger partial charge in [-0.2, -0.15) is 5.10 Å². The standard InChI is InChI=1S/C21H19ClN2O3S/c1-15(19-11-12-20(22)28-19)23-24-21(25)17-9-5-6-10-18(17)27-14-13-26-16-7-3-2-4-8-16/h2-12H,13-14H2,1H3,(H,24,25). The average molecular weight is 415 g/mol. The molecular formula is C21H19ClN2O3S. The minimum atomic E-state index is -0.346. The lowest BCUT2D eigenvalue weighted by Crippen LogP contribution is -2.20. The highest BCUT2D eigenvalue weighted by atomic mass is 35.5. The Labute approximate surface area is 172 Å². The zero-order chi connectivity index (χ0) is 19.8. The molecule has 0 spiro atoms. The van der Waals surface area contributed by atoms with Crippen LogP contribution in [0.1, 0.15) is 22.2 Å². The van der Waals surface area contributed by atoms with Crippen molar-refractivity contribution in [3.8, 4) is 11.5 Å². The van der Waals surface area contributed by atoms with Gasteiger partial charge in [0.25, 0.3) is 5.91 Å². The van der Waals surface area contributed by atoms with Crippen molar-refractivity contribution in [3.05, 3.63) is 81.5 Å². The lowest BCUT2D eigenvalue weighted by atomic mass is 10.2. The summed E-state index contributed by atoms with van der Waals surface area (Å²) in [6, 6.07) is 20.2. The average Bonchev–Trinajstić information content (AvgIpc) is 3.17. The maximum atomic E-state index is 12.5. The van der Waals surface area contributed by atoms with Crippen LogP contribution in [0.4, 0.5) is 0 Å². The number of nitrogens with zero attached hydrogens (tertiary/aromatic N) is 1. The molecule has 28 heavy (non-hydrogen) atoms. The number of hydrazone groups is 1. The molecule has 1 N–H and O–H groups in total. The number of hydrogen-bond donors (Lipinski definition) is 1. The Bertz CT molecular complexity index is 957. The molecule has 7 heteroatoms. The van der Waals surface area contributed by atoms with Crippen LogP contribution in [0, 0.1) is 0 Å². The second-order valence-electron chi connectivity index (χ2n) is 5.75. The van der Waals surface area contributed by atoms with Gasteiger partial charge in [-0.1, -0.05) is 41.9 Å². The number of halogens is 1. The summed E-state index contributed by atoms with van der Waals surface area (Å²) in [5.74, 6) is 0.904. The lowest BCUT2D eigenvalue weighted by molar-refractivity contribution is 0.0949.